The molecule has 0 aliphatic carbocycles. The van der Waals surface area contributed by atoms with Crippen molar-refractivity contribution in [1.82, 2.24) is 4.57 Å². The van der Waals surface area contributed by atoms with Gasteiger partial charge in [0.2, 0.25) is 0 Å². The molecule has 8 nitrogen and oxygen atoms in total. The molecule has 0 amide bonds. The molecule has 9 heteroatoms. The highest BCUT2D eigenvalue weighted by molar-refractivity contribution is 7.07. The molecule has 0 saturated carbocycles. The molecule has 194 valence electrons. The van der Waals surface area contributed by atoms with Crippen molar-refractivity contribution in [3.63, 3.8) is 0 Å². The second-order valence-corrected chi connectivity index (χ2v) is 9.36. The number of nitrogens with zero attached hydrogens (tertiary/aromatic N) is 2. The second-order valence-electron chi connectivity index (χ2n) is 8.35. The quantitative estimate of drug-likeness (QED) is 0.431. The summed E-state index contributed by atoms with van der Waals surface area (Å²) in [5.41, 5.74) is 1.88. The fraction of sp³-hybridized carbons (Fsp3) is 0.321. The Labute approximate surface area is 218 Å². The first kappa shape index (κ1) is 26.2. The largest absolute Gasteiger partial charge is 0.504 e. The Morgan fingerprint density at radius 2 is 1.89 bits per heavy atom. The SMILES string of the molecule is CCCOc1ccccc1C1C(C(=O)OCC)=C(C)N=c2s/c(=C/c3ccc(O)c(OCC)c3)c(=O)n21. The third-order valence-electron chi connectivity index (χ3n) is 5.77. The maximum Gasteiger partial charge on any atom is 0.338 e. The van der Waals surface area contributed by atoms with Crippen molar-refractivity contribution in [3.05, 3.63) is 84.5 Å². The minimum atomic E-state index is -0.760. The van der Waals surface area contributed by atoms with Gasteiger partial charge in [-0.2, -0.15) is 0 Å². The summed E-state index contributed by atoms with van der Waals surface area (Å²) in [7, 11) is 0. The molecule has 1 aliphatic rings. The van der Waals surface area contributed by atoms with Crippen LogP contribution in [0.15, 0.2) is 63.5 Å². The standard InChI is InChI=1S/C28H30N2O6S/c1-5-14-36-21-11-9-8-10-19(21)25-24(27(33)35-7-3)17(4)29-28-30(25)26(32)23(37-28)16-18-12-13-20(31)22(15-18)34-6-2/h8-13,15-16,25,31H,5-7,14H2,1-4H3/b23-16+. The average molecular weight is 523 g/mol. The Morgan fingerprint density at radius 3 is 2.62 bits per heavy atom. The summed E-state index contributed by atoms with van der Waals surface area (Å²) in [6.45, 7) is 8.43. The van der Waals surface area contributed by atoms with E-state index in [0.717, 1.165) is 6.42 Å². The summed E-state index contributed by atoms with van der Waals surface area (Å²) in [6, 6.07) is 11.6. The number of aromatic hydroxyl groups is 1. The molecule has 2 aromatic carbocycles. The summed E-state index contributed by atoms with van der Waals surface area (Å²) in [6.07, 6.45) is 2.54. The van der Waals surface area contributed by atoms with Crippen LogP contribution in [0.2, 0.25) is 0 Å². The Morgan fingerprint density at radius 1 is 1.11 bits per heavy atom. The maximum absolute atomic E-state index is 13.8. The molecule has 0 spiro atoms. The van der Waals surface area contributed by atoms with Crippen LogP contribution in [0.25, 0.3) is 6.08 Å². The number of esters is 1. The lowest BCUT2D eigenvalue weighted by Gasteiger charge is -2.26. The predicted molar refractivity (Wildman–Crippen MR) is 142 cm³/mol. The molecule has 0 saturated heterocycles. The molecule has 0 radical (unpaired) electrons. The van der Waals surface area contributed by atoms with Crippen LogP contribution in [-0.2, 0) is 9.53 Å². The van der Waals surface area contributed by atoms with Crippen molar-refractivity contribution in [2.45, 2.75) is 40.2 Å². The molecular weight excluding hydrogens is 492 g/mol. The normalized spacial score (nSPS) is 15.2. The highest BCUT2D eigenvalue weighted by Crippen LogP contribution is 2.36. The van der Waals surface area contributed by atoms with Gasteiger partial charge in [0.25, 0.3) is 5.56 Å². The molecule has 1 atom stereocenters. The topological polar surface area (TPSA) is 99.4 Å². The third-order valence-corrected chi connectivity index (χ3v) is 6.76. The number of rotatable bonds is 9. The van der Waals surface area contributed by atoms with Crippen molar-refractivity contribution in [3.8, 4) is 17.2 Å². The molecule has 1 aromatic heterocycles. The van der Waals surface area contributed by atoms with E-state index in [1.54, 1.807) is 32.1 Å². The lowest BCUT2D eigenvalue weighted by atomic mass is 9.95. The van der Waals surface area contributed by atoms with Crippen molar-refractivity contribution in [1.29, 1.82) is 0 Å². The summed E-state index contributed by atoms with van der Waals surface area (Å²) >= 11 is 1.23. The van der Waals surface area contributed by atoms with Crippen LogP contribution in [0.5, 0.6) is 17.2 Å². The molecular formula is C28H30N2O6S. The highest BCUT2D eigenvalue weighted by Gasteiger charge is 2.35. The van der Waals surface area contributed by atoms with Gasteiger partial charge < -0.3 is 19.3 Å². The number of para-hydroxylation sites is 1. The number of phenolic OH excluding ortho intramolecular Hbond substituents is 1. The molecule has 0 bridgehead atoms. The number of carbonyl (C=O) groups excluding carboxylic acids is 1. The highest BCUT2D eigenvalue weighted by atomic mass is 32.1. The van der Waals surface area contributed by atoms with Crippen molar-refractivity contribution >= 4 is 23.4 Å². The van der Waals surface area contributed by atoms with Crippen LogP contribution in [0, 0.1) is 0 Å². The lowest BCUT2D eigenvalue weighted by molar-refractivity contribution is -0.139. The van der Waals surface area contributed by atoms with Gasteiger partial charge in [-0.25, -0.2) is 9.79 Å². The molecule has 0 fully saturated rings. The number of ether oxygens (including phenoxy) is 3. The summed E-state index contributed by atoms with van der Waals surface area (Å²) in [5, 5.41) is 10.0. The maximum atomic E-state index is 13.8. The second kappa shape index (κ2) is 11.5. The van der Waals surface area contributed by atoms with Crippen LogP contribution < -0.4 is 24.4 Å². The van der Waals surface area contributed by atoms with Crippen molar-refractivity contribution in [2.75, 3.05) is 19.8 Å². The van der Waals surface area contributed by atoms with Crippen LogP contribution in [0.4, 0.5) is 0 Å². The molecule has 1 unspecified atom stereocenters. The van der Waals surface area contributed by atoms with Gasteiger partial charge in [-0.05, 0) is 57.0 Å². The number of thiazole rings is 1. The van der Waals surface area contributed by atoms with Gasteiger partial charge in [-0.3, -0.25) is 9.36 Å². The van der Waals surface area contributed by atoms with Crippen molar-refractivity contribution in [2.24, 2.45) is 4.99 Å². The number of aromatic nitrogens is 1. The smallest absolute Gasteiger partial charge is 0.338 e. The number of carbonyl (C=O) groups is 1. The van der Waals surface area contributed by atoms with E-state index in [9.17, 15) is 14.7 Å². The Bertz CT molecular complexity index is 1520. The zero-order valence-electron chi connectivity index (χ0n) is 21.3. The summed E-state index contributed by atoms with van der Waals surface area (Å²) < 4.78 is 18.8. The Hall–Kier alpha value is -3.85. The number of fused-ring (bicyclic) bond motifs is 1. The average Bonchev–Trinajstić information content (AvgIpc) is 3.18. The zero-order valence-corrected chi connectivity index (χ0v) is 22.1. The number of phenols is 1. The van der Waals surface area contributed by atoms with E-state index in [1.807, 2.05) is 38.1 Å². The van der Waals surface area contributed by atoms with Gasteiger partial charge in [-0.15, -0.1) is 0 Å². The minimum absolute atomic E-state index is 0.0267. The fourth-order valence-corrected chi connectivity index (χ4v) is 5.23. The zero-order chi connectivity index (χ0) is 26.5. The van der Waals surface area contributed by atoms with Crippen molar-refractivity contribution < 1.29 is 24.1 Å². The molecule has 4 rings (SSSR count). The van der Waals surface area contributed by atoms with Gasteiger partial charge in [0.15, 0.2) is 16.3 Å². The lowest BCUT2D eigenvalue weighted by Crippen LogP contribution is -2.40. The van der Waals surface area contributed by atoms with E-state index in [-0.39, 0.29) is 17.9 Å². The molecule has 3 aromatic rings. The first-order valence-electron chi connectivity index (χ1n) is 12.3. The summed E-state index contributed by atoms with van der Waals surface area (Å²) in [4.78, 5) is 32.0. The van der Waals surface area contributed by atoms with E-state index in [1.165, 1.54) is 22.0 Å². The number of benzene rings is 2. The van der Waals surface area contributed by atoms with Gasteiger partial charge in [-0.1, -0.05) is 42.5 Å². The van der Waals surface area contributed by atoms with E-state index in [2.05, 4.69) is 4.99 Å². The van der Waals surface area contributed by atoms with Gasteiger partial charge in [0, 0.05) is 5.56 Å². The molecule has 37 heavy (non-hydrogen) atoms. The predicted octanol–water partition coefficient (Wildman–Crippen LogP) is 3.69. The van der Waals surface area contributed by atoms with Crippen LogP contribution >= 0.6 is 11.3 Å². The summed E-state index contributed by atoms with van der Waals surface area (Å²) in [5.74, 6) is 0.441. The van der Waals surface area contributed by atoms with Crippen LogP contribution in [0.1, 0.15) is 51.3 Å². The van der Waals surface area contributed by atoms with Crippen LogP contribution in [-0.4, -0.2) is 35.5 Å². The van der Waals surface area contributed by atoms with Gasteiger partial charge >= 0.3 is 5.97 Å². The number of allylic oxidation sites excluding steroid dienone is 1. The number of hydrogen-bond donors (Lipinski definition) is 1. The minimum Gasteiger partial charge on any atom is -0.504 e. The monoisotopic (exact) mass is 522 g/mol. The number of hydrogen-bond acceptors (Lipinski definition) is 8. The van der Waals surface area contributed by atoms with E-state index >= 15 is 0 Å². The third kappa shape index (κ3) is 5.32. The molecule has 1 N–H and O–H groups in total. The molecule has 2 heterocycles. The van der Waals surface area contributed by atoms with E-state index in [0.29, 0.717) is 56.4 Å². The Balaban J connectivity index is 1.93. The van der Waals surface area contributed by atoms with Gasteiger partial charge in [0.05, 0.1) is 35.6 Å². The van der Waals surface area contributed by atoms with E-state index < -0.39 is 12.0 Å². The Kier molecular flexibility index (Phi) is 8.13. The van der Waals surface area contributed by atoms with Crippen LogP contribution in [0.3, 0.4) is 0 Å². The van der Waals surface area contributed by atoms with Gasteiger partial charge in [0.1, 0.15) is 11.8 Å². The molecule has 1 aliphatic heterocycles. The fourth-order valence-electron chi connectivity index (χ4n) is 4.18. The first-order valence-corrected chi connectivity index (χ1v) is 13.1. The first-order chi connectivity index (χ1) is 17.9. The van der Waals surface area contributed by atoms with E-state index in [4.69, 9.17) is 14.2 Å².